The monoisotopic (exact) mass is 180 g/mol. The number of carbonyl (C=O) groups excluding carboxylic acids is 1. The Kier molecular flexibility index (Phi) is 3.12. The maximum absolute atomic E-state index is 11.5. The molecule has 0 bridgehead atoms. The fourth-order valence-corrected chi connectivity index (χ4v) is 1.46. The third-order valence-electron chi connectivity index (χ3n) is 2.10. The van der Waals surface area contributed by atoms with Crippen molar-refractivity contribution in [1.29, 1.82) is 0 Å². The topological polar surface area (TPSA) is 34.0 Å². The maximum Gasteiger partial charge on any atom is 0.243 e. The number of nitrogens with zero attached hydrogens (tertiary/aromatic N) is 1. The molecule has 1 aromatic rings. The average Bonchev–Trinajstić information content (AvgIpc) is 2.56. The largest absolute Gasteiger partial charge is 0.357 e. The molecule has 13 heavy (non-hydrogen) atoms. The number of carbonyl (C=O) groups is 1. The van der Waals surface area contributed by atoms with Crippen molar-refractivity contribution in [3.8, 4) is 0 Å². The molecule has 0 saturated heterocycles. The van der Waals surface area contributed by atoms with Crippen molar-refractivity contribution in [2.45, 2.75) is 19.9 Å². The first-order valence-corrected chi connectivity index (χ1v) is 4.51. The maximum atomic E-state index is 11.5. The van der Waals surface area contributed by atoms with Gasteiger partial charge in [-0.25, -0.2) is 0 Å². The second-order valence-corrected chi connectivity index (χ2v) is 3.43. The van der Waals surface area contributed by atoms with Gasteiger partial charge in [0.25, 0.3) is 0 Å². The van der Waals surface area contributed by atoms with Crippen LogP contribution < -0.4 is 5.32 Å². The Labute approximate surface area is 78.8 Å². The highest BCUT2D eigenvalue weighted by molar-refractivity contribution is 5.80. The van der Waals surface area contributed by atoms with Gasteiger partial charge in [0.2, 0.25) is 5.91 Å². The molecule has 1 heterocycles. The minimum atomic E-state index is -0.0972. The van der Waals surface area contributed by atoms with E-state index in [0.717, 1.165) is 0 Å². The van der Waals surface area contributed by atoms with Crippen LogP contribution in [-0.2, 0) is 4.79 Å². The van der Waals surface area contributed by atoms with Gasteiger partial charge in [0.15, 0.2) is 0 Å². The van der Waals surface area contributed by atoms with Crippen LogP contribution in [0.1, 0.15) is 19.9 Å². The average molecular weight is 180 g/mol. The molecule has 3 nitrogen and oxygen atoms in total. The van der Waals surface area contributed by atoms with E-state index >= 15 is 0 Å². The lowest BCUT2D eigenvalue weighted by molar-refractivity contribution is -0.125. The molecule has 1 amide bonds. The lowest BCUT2D eigenvalue weighted by Crippen LogP contribution is -2.32. The van der Waals surface area contributed by atoms with Crippen molar-refractivity contribution in [1.82, 2.24) is 9.88 Å². The SMILES string of the molecule is CNC(=O)C(C(C)C)n1cccc1. The predicted octanol–water partition coefficient (Wildman–Crippen LogP) is 1.43. The molecule has 72 valence electrons. The summed E-state index contributed by atoms with van der Waals surface area (Å²) in [5.41, 5.74) is 0. The van der Waals surface area contributed by atoms with Crippen LogP contribution in [0, 0.1) is 5.92 Å². The van der Waals surface area contributed by atoms with E-state index in [1.807, 2.05) is 42.9 Å². The number of nitrogens with one attached hydrogen (secondary N) is 1. The summed E-state index contributed by atoms with van der Waals surface area (Å²) in [6.45, 7) is 4.08. The predicted molar refractivity (Wildman–Crippen MR) is 52.4 cm³/mol. The van der Waals surface area contributed by atoms with Gasteiger partial charge in [0.1, 0.15) is 6.04 Å². The molecule has 0 saturated carbocycles. The number of rotatable bonds is 3. The number of amides is 1. The molecule has 1 rings (SSSR count). The van der Waals surface area contributed by atoms with Crippen molar-refractivity contribution < 1.29 is 4.79 Å². The lowest BCUT2D eigenvalue weighted by atomic mass is 10.0. The van der Waals surface area contributed by atoms with Crippen molar-refractivity contribution in [2.24, 2.45) is 5.92 Å². The van der Waals surface area contributed by atoms with Crippen molar-refractivity contribution in [2.75, 3.05) is 7.05 Å². The summed E-state index contributed by atoms with van der Waals surface area (Å²) >= 11 is 0. The van der Waals surface area contributed by atoms with Gasteiger partial charge >= 0.3 is 0 Å². The molecule has 0 aromatic carbocycles. The van der Waals surface area contributed by atoms with Crippen molar-refractivity contribution >= 4 is 5.91 Å². The third-order valence-corrected chi connectivity index (χ3v) is 2.10. The number of hydrogen-bond donors (Lipinski definition) is 1. The summed E-state index contributed by atoms with van der Waals surface area (Å²) in [6, 6.07) is 3.76. The van der Waals surface area contributed by atoms with E-state index < -0.39 is 0 Å². The molecular formula is C10H16N2O. The molecule has 0 fully saturated rings. The van der Waals surface area contributed by atoms with E-state index in [2.05, 4.69) is 5.32 Å². The van der Waals surface area contributed by atoms with Crippen LogP contribution >= 0.6 is 0 Å². The first kappa shape index (κ1) is 9.84. The molecule has 1 N–H and O–H groups in total. The first-order valence-electron chi connectivity index (χ1n) is 4.51. The van der Waals surface area contributed by atoms with Gasteiger partial charge in [-0.15, -0.1) is 0 Å². The zero-order valence-electron chi connectivity index (χ0n) is 8.32. The smallest absolute Gasteiger partial charge is 0.243 e. The highest BCUT2D eigenvalue weighted by atomic mass is 16.2. The van der Waals surface area contributed by atoms with Gasteiger partial charge in [-0.2, -0.15) is 0 Å². The molecule has 0 aliphatic heterocycles. The van der Waals surface area contributed by atoms with Gasteiger partial charge in [0, 0.05) is 19.4 Å². The second-order valence-electron chi connectivity index (χ2n) is 3.43. The van der Waals surface area contributed by atoms with Gasteiger partial charge < -0.3 is 9.88 Å². The zero-order chi connectivity index (χ0) is 9.84. The highest BCUT2D eigenvalue weighted by Crippen LogP contribution is 2.17. The van der Waals surface area contributed by atoms with Gasteiger partial charge in [0.05, 0.1) is 0 Å². The summed E-state index contributed by atoms with van der Waals surface area (Å²) in [6.07, 6.45) is 3.83. The fraction of sp³-hybridized carbons (Fsp3) is 0.500. The molecule has 0 radical (unpaired) electrons. The van der Waals surface area contributed by atoms with Crippen LogP contribution in [-0.4, -0.2) is 17.5 Å². The van der Waals surface area contributed by atoms with E-state index in [1.165, 1.54) is 0 Å². The highest BCUT2D eigenvalue weighted by Gasteiger charge is 2.21. The second kappa shape index (κ2) is 4.12. The minimum Gasteiger partial charge on any atom is -0.357 e. The molecule has 0 spiro atoms. The van der Waals surface area contributed by atoms with Crippen molar-refractivity contribution in [3.05, 3.63) is 24.5 Å². The Bertz CT molecular complexity index is 264. The lowest BCUT2D eigenvalue weighted by Gasteiger charge is -2.20. The quantitative estimate of drug-likeness (QED) is 0.750. The van der Waals surface area contributed by atoms with E-state index in [9.17, 15) is 4.79 Å². The van der Waals surface area contributed by atoms with Crippen LogP contribution in [0.15, 0.2) is 24.5 Å². The summed E-state index contributed by atoms with van der Waals surface area (Å²) in [5, 5.41) is 2.67. The fourth-order valence-electron chi connectivity index (χ4n) is 1.46. The first-order chi connectivity index (χ1) is 6.16. The van der Waals surface area contributed by atoms with Crippen LogP contribution in [0.3, 0.4) is 0 Å². The number of hydrogen-bond acceptors (Lipinski definition) is 1. The molecular weight excluding hydrogens is 164 g/mol. The summed E-state index contributed by atoms with van der Waals surface area (Å²) in [7, 11) is 1.67. The Morgan fingerprint density at radius 1 is 1.31 bits per heavy atom. The Balaban J connectivity index is 2.87. The van der Waals surface area contributed by atoms with E-state index in [4.69, 9.17) is 0 Å². The molecule has 0 aliphatic rings. The van der Waals surface area contributed by atoms with Crippen LogP contribution in [0.4, 0.5) is 0 Å². The standard InChI is InChI=1S/C10H16N2O/c1-8(2)9(10(13)11-3)12-6-4-5-7-12/h4-9H,1-3H3,(H,11,13). The van der Waals surface area contributed by atoms with Crippen LogP contribution in [0.5, 0.6) is 0 Å². The Morgan fingerprint density at radius 2 is 1.85 bits per heavy atom. The van der Waals surface area contributed by atoms with Crippen LogP contribution in [0.2, 0.25) is 0 Å². The Hall–Kier alpha value is -1.25. The minimum absolute atomic E-state index is 0.0613. The summed E-state index contributed by atoms with van der Waals surface area (Å²) in [4.78, 5) is 11.5. The number of aromatic nitrogens is 1. The van der Waals surface area contributed by atoms with Crippen molar-refractivity contribution in [3.63, 3.8) is 0 Å². The third kappa shape index (κ3) is 2.11. The Morgan fingerprint density at radius 3 is 2.23 bits per heavy atom. The number of likely N-dealkylation sites (N-methyl/N-ethyl adjacent to an activating group) is 1. The van der Waals surface area contributed by atoms with Crippen LogP contribution in [0.25, 0.3) is 0 Å². The summed E-state index contributed by atoms with van der Waals surface area (Å²) < 4.78 is 1.93. The zero-order valence-corrected chi connectivity index (χ0v) is 8.32. The van der Waals surface area contributed by atoms with Gasteiger partial charge in [-0.3, -0.25) is 4.79 Å². The molecule has 1 unspecified atom stereocenters. The molecule has 0 aliphatic carbocycles. The van der Waals surface area contributed by atoms with Gasteiger partial charge in [-0.1, -0.05) is 13.8 Å². The van der Waals surface area contributed by atoms with E-state index in [0.29, 0.717) is 5.92 Å². The molecule has 3 heteroatoms. The molecule has 1 aromatic heterocycles. The summed E-state index contributed by atoms with van der Waals surface area (Å²) in [5.74, 6) is 0.360. The van der Waals surface area contributed by atoms with E-state index in [-0.39, 0.29) is 11.9 Å². The van der Waals surface area contributed by atoms with Gasteiger partial charge in [-0.05, 0) is 18.1 Å². The normalized spacial score (nSPS) is 12.9. The van der Waals surface area contributed by atoms with E-state index in [1.54, 1.807) is 7.05 Å². The molecule has 1 atom stereocenters.